The summed E-state index contributed by atoms with van der Waals surface area (Å²) in [4.78, 5) is 38.2. The quantitative estimate of drug-likeness (QED) is 0.693. The number of piperazine rings is 1. The second kappa shape index (κ2) is 8.69. The van der Waals surface area contributed by atoms with Crippen molar-refractivity contribution in [3.05, 3.63) is 17.0 Å². The van der Waals surface area contributed by atoms with Crippen LogP contribution in [0.5, 0.6) is 0 Å². The highest BCUT2D eigenvalue weighted by Crippen LogP contribution is 2.23. The molecule has 1 aliphatic heterocycles. The molecule has 0 aromatic carbocycles. The van der Waals surface area contributed by atoms with Crippen LogP contribution < -0.4 is 0 Å². The molecular formula is C20H30N6O2S. The molecule has 2 aromatic heterocycles. The number of nitrogens with zero attached hydrogens (tertiary/aromatic N) is 6. The molecule has 2 aromatic rings. The summed E-state index contributed by atoms with van der Waals surface area (Å²) >= 11 is 1.47. The lowest BCUT2D eigenvalue weighted by Gasteiger charge is -2.46. The third kappa shape index (κ3) is 4.10. The van der Waals surface area contributed by atoms with Gasteiger partial charge in [-0.2, -0.15) is 4.98 Å². The molecule has 3 heterocycles. The lowest BCUT2D eigenvalue weighted by molar-refractivity contribution is -0.145. The van der Waals surface area contributed by atoms with Crippen molar-refractivity contribution in [2.45, 2.75) is 71.1 Å². The third-order valence-corrected chi connectivity index (χ3v) is 6.44. The van der Waals surface area contributed by atoms with E-state index >= 15 is 0 Å². The Morgan fingerprint density at radius 2 is 1.69 bits per heavy atom. The van der Waals surface area contributed by atoms with E-state index in [2.05, 4.69) is 28.9 Å². The fourth-order valence-electron chi connectivity index (χ4n) is 4.12. The maximum Gasteiger partial charge on any atom is 0.253 e. The summed E-state index contributed by atoms with van der Waals surface area (Å²) < 4.78 is 1.72. The van der Waals surface area contributed by atoms with Crippen LogP contribution in [0.4, 0.5) is 0 Å². The molecule has 29 heavy (non-hydrogen) atoms. The zero-order valence-electron chi connectivity index (χ0n) is 18.1. The first-order valence-electron chi connectivity index (χ1n) is 10.1. The first kappa shape index (κ1) is 21.5. The van der Waals surface area contributed by atoms with E-state index in [9.17, 15) is 9.59 Å². The normalized spacial score (nSPS) is 19.8. The van der Waals surface area contributed by atoms with Crippen molar-refractivity contribution in [2.75, 3.05) is 19.3 Å². The zero-order chi connectivity index (χ0) is 21.3. The molecule has 2 amide bonds. The SMILES string of the molecule is CC[C@@H]1CN(C(=O)Cc2c(C)nc3nc(SC)nn3c2C)[C@@H](CC)CN1C(C)=O. The van der Waals surface area contributed by atoms with Crippen molar-refractivity contribution >= 4 is 29.4 Å². The van der Waals surface area contributed by atoms with E-state index < -0.39 is 0 Å². The largest absolute Gasteiger partial charge is 0.336 e. The van der Waals surface area contributed by atoms with Crippen LogP contribution in [0, 0.1) is 13.8 Å². The predicted molar refractivity (Wildman–Crippen MR) is 113 cm³/mol. The molecule has 0 N–H and O–H groups in total. The van der Waals surface area contributed by atoms with Gasteiger partial charge in [-0.15, -0.1) is 5.10 Å². The number of carbonyl (C=O) groups is 2. The van der Waals surface area contributed by atoms with E-state index in [0.717, 1.165) is 29.8 Å². The Hall–Kier alpha value is -2.16. The number of thioether (sulfide) groups is 1. The minimum Gasteiger partial charge on any atom is -0.336 e. The van der Waals surface area contributed by atoms with Gasteiger partial charge in [0.15, 0.2) is 0 Å². The maximum absolute atomic E-state index is 13.3. The number of amides is 2. The summed E-state index contributed by atoms with van der Waals surface area (Å²) in [6.07, 6.45) is 3.86. The van der Waals surface area contributed by atoms with E-state index in [-0.39, 0.29) is 30.3 Å². The smallest absolute Gasteiger partial charge is 0.253 e. The molecule has 158 valence electrons. The molecule has 0 unspecified atom stereocenters. The van der Waals surface area contributed by atoms with Crippen LogP contribution in [-0.4, -0.2) is 72.6 Å². The second-order valence-electron chi connectivity index (χ2n) is 7.59. The number of carbonyl (C=O) groups excluding carboxylic acids is 2. The molecular weight excluding hydrogens is 388 g/mol. The molecule has 0 bridgehead atoms. The average molecular weight is 419 g/mol. The van der Waals surface area contributed by atoms with Gasteiger partial charge in [0, 0.05) is 49.0 Å². The number of hydrogen-bond donors (Lipinski definition) is 0. The molecule has 8 nitrogen and oxygen atoms in total. The van der Waals surface area contributed by atoms with Crippen LogP contribution in [0.2, 0.25) is 0 Å². The van der Waals surface area contributed by atoms with Crippen molar-refractivity contribution in [3.8, 4) is 0 Å². The molecule has 3 rings (SSSR count). The van der Waals surface area contributed by atoms with Crippen molar-refractivity contribution in [1.29, 1.82) is 0 Å². The van der Waals surface area contributed by atoms with Crippen LogP contribution in [0.25, 0.3) is 5.78 Å². The molecule has 0 saturated carbocycles. The first-order valence-corrected chi connectivity index (χ1v) is 11.4. The Kier molecular flexibility index (Phi) is 6.45. The maximum atomic E-state index is 13.3. The summed E-state index contributed by atoms with van der Waals surface area (Å²) in [5, 5.41) is 5.14. The highest BCUT2D eigenvalue weighted by molar-refractivity contribution is 7.98. The summed E-state index contributed by atoms with van der Waals surface area (Å²) in [7, 11) is 0. The minimum absolute atomic E-state index is 0.0426. The van der Waals surface area contributed by atoms with Crippen LogP contribution >= 0.6 is 11.8 Å². The Morgan fingerprint density at radius 1 is 1.07 bits per heavy atom. The number of aromatic nitrogens is 4. The van der Waals surface area contributed by atoms with Gasteiger partial charge in [-0.1, -0.05) is 25.6 Å². The predicted octanol–water partition coefficient (Wildman–Crippen LogP) is 2.25. The molecule has 1 fully saturated rings. The number of aryl methyl sites for hydroxylation is 2. The summed E-state index contributed by atoms with van der Waals surface area (Å²) in [6.45, 7) is 10.8. The molecule has 0 radical (unpaired) electrons. The van der Waals surface area contributed by atoms with E-state index in [4.69, 9.17) is 0 Å². The van der Waals surface area contributed by atoms with E-state index in [1.54, 1.807) is 11.4 Å². The topological polar surface area (TPSA) is 83.7 Å². The molecule has 0 spiro atoms. The second-order valence-corrected chi connectivity index (χ2v) is 8.36. The van der Waals surface area contributed by atoms with Gasteiger partial charge in [0.1, 0.15) is 0 Å². The zero-order valence-corrected chi connectivity index (χ0v) is 18.9. The summed E-state index contributed by atoms with van der Waals surface area (Å²) in [5.41, 5.74) is 2.61. The number of rotatable bonds is 5. The van der Waals surface area contributed by atoms with Gasteiger partial charge in [0.25, 0.3) is 5.78 Å². The van der Waals surface area contributed by atoms with Crippen molar-refractivity contribution in [2.24, 2.45) is 0 Å². The van der Waals surface area contributed by atoms with Gasteiger partial charge >= 0.3 is 0 Å². The van der Waals surface area contributed by atoms with Gasteiger partial charge in [-0.05, 0) is 32.9 Å². The van der Waals surface area contributed by atoms with Crippen LogP contribution in [0.3, 0.4) is 0 Å². The summed E-state index contributed by atoms with van der Waals surface area (Å²) in [6, 6.07) is 0.113. The van der Waals surface area contributed by atoms with Crippen LogP contribution in [-0.2, 0) is 16.0 Å². The molecule has 1 aliphatic rings. The number of hydrogen-bond acceptors (Lipinski definition) is 6. The van der Waals surface area contributed by atoms with Gasteiger partial charge in [0.2, 0.25) is 17.0 Å². The molecule has 1 saturated heterocycles. The van der Waals surface area contributed by atoms with Crippen molar-refractivity contribution in [1.82, 2.24) is 29.4 Å². The highest BCUT2D eigenvalue weighted by atomic mass is 32.2. The lowest BCUT2D eigenvalue weighted by atomic mass is 10.00. The third-order valence-electron chi connectivity index (χ3n) is 5.90. The van der Waals surface area contributed by atoms with E-state index in [0.29, 0.717) is 24.0 Å². The van der Waals surface area contributed by atoms with Gasteiger partial charge in [-0.3, -0.25) is 9.59 Å². The number of fused-ring (bicyclic) bond motifs is 1. The Morgan fingerprint density at radius 3 is 2.28 bits per heavy atom. The van der Waals surface area contributed by atoms with E-state index in [1.807, 2.05) is 29.9 Å². The van der Waals surface area contributed by atoms with Gasteiger partial charge in [-0.25, -0.2) is 9.50 Å². The van der Waals surface area contributed by atoms with Crippen LogP contribution in [0.15, 0.2) is 5.16 Å². The Bertz CT molecular complexity index is 927. The Labute approximate surface area is 176 Å². The lowest BCUT2D eigenvalue weighted by Crippen LogP contribution is -2.60. The monoisotopic (exact) mass is 418 g/mol. The van der Waals surface area contributed by atoms with E-state index in [1.165, 1.54) is 11.8 Å². The average Bonchev–Trinajstić information content (AvgIpc) is 3.12. The van der Waals surface area contributed by atoms with Crippen molar-refractivity contribution < 1.29 is 9.59 Å². The summed E-state index contributed by atoms with van der Waals surface area (Å²) in [5.74, 6) is 0.726. The highest BCUT2D eigenvalue weighted by Gasteiger charge is 2.36. The molecule has 9 heteroatoms. The minimum atomic E-state index is 0.0426. The van der Waals surface area contributed by atoms with Crippen LogP contribution in [0.1, 0.15) is 50.6 Å². The molecule has 0 aliphatic carbocycles. The van der Waals surface area contributed by atoms with Gasteiger partial charge in [0.05, 0.1) is 6.42 Å². The Balaban J connectivity index is 1.88. The fraction of sp³-hybridized carbons (Fsp3) is 0.650. The fourth-order valence-corrected chi connectivity index (χ4v) is 4.46. The van der Waals surface area contributed by atoms with Crippen molar-refractivity contribution in [3.63, 3.8) is 0 Å². The molecule has 2 atom stereocenters. The first-order chi connectivity index (χ1) is 13.8. The van der Waals surface area contributed by atoms with Gasteiger partial charge < -0.3 is 9.80 Å². The standard InChI is InChI=1S/C20H30N6O2S/c1-7-15-11-25(16(8-2)10-24(15)14(5)27)18(28)9-17-12(3)21-19-22-20(29-6)23-26(19)13(17)4/h15-16H,7-11H2,1-6H3/t15-,16+/m1/s1.